The van der Waals surface area contributed by atoms with Crippen LogP contribution >= 0.6 is 34.4 Å². The van der Waals surface area contributed by atoms with Gasteiger partial charge in [-0.2, -0.15) is 5.26 Å². The van der Waals surface area contributed by atoms with Crippen molar-refractivity contribution >= 4 is 55.4 Å². The number of hydrogen-bond acceptors (Lipinski definition) is 9. The van der Waals surface area contributed by atoms with Gasteiger partial charge in [0.25, 0.3) is 0 Å². The van der Waals surface area contributed by atoms with Crippen LogP contribution in [0.2, 0.25) is 0 Å². The Morgan fingerprint density at radius 3 is 2.74 bits per heavy atom. The molecule has 1 atom stereocenters. The number of nitrogens with one attached hydrogen (secondary N) is 1. The largest absolute Gasteiger partial charge is 0.510 e. The van der Waals surface area contributed by atoms with Gasteiger partial charge in [0.1, 0.15) is 22.4 Å². The zero-order valence-electron chi connectivity index (χ0n) is 15.1. The van der Waals surface area contributed by atoms with Gasteiger partial charge in [0.05, 0.1) is 15.5 Å². The van der Waals surface area contributed by atoms with Gasteiger partial charge in [-0.3, -0.25) is 0 Å². The van der Waals surface area contributed by atoms with Crippen LogP contribution < -0.4 is 5.32 Å². The van der Waals surface area contributed by atoms with Crippen LogP contribution in [0.3, 0.4) is 0 Å². The first-order valence-electron chi connectivity index (χ1n) is 8.41. The molecule has 0 bridgehead atoms. The van der Waals surface area contributed by atoms with Gasteiger partial charge >= 0.3 is 0 Å². The zero-order chi connectivity index (χ0) is 19.4. The van der Waals surface area contributed by atoms with Crippen molar-refractivity contribution in [3.63, 3.8) is 0 Å². The lowest BCUT2D eigenvalue weighted by molar-refractivity contribution is 0.402. The molecule has 3 aromatic rings. The Bertz CT molecular complexity index is 969. The van der Waals surface area contributed by atoms with E-state index in [2.05, 4.69) is 40.4 Å². The fraction of sp³-hybridized carbons (Fsp3) is 0.333. The van der Waals surface area contributed by atoms with Gasteiger partial charge in [-0.25, -0.2) is 4.98 Å². The number of thiazole rings is 1. The molecule has 1 aromatic carbocycles. The molecule has 0 saturated carbocycles. The molecule has 0 saturated heterocycles. The van der Waals surface area contributed by atoms with Crippen LogP contribution in [-0.2, 0) is 0 Å². The second kappa shape index (κ2) is 8.69. The normalized spacial score (nSPS) is 13.4. The topological polar surface area (TPSA) is 94.7 Å². The van der Waals surface area contributed by atoms with E-state index in [1.807, 2.05) is 31.2 Å². The van der Waals surface area contributed by atoms with Crippen molar-refractivity contribution < 1.29 is 5.11 Å². The molecule has 1 unspecified atom stereocenters. The molecule has 9 heteroatoms. The number of thioether (sulfide) groups is 1. The molecule has 27 heavy (non-hydrogen) atoms. The van der Waals surface area contributed by atoms with Gasteiger partial charge in [-0.1, -0.05) is 49.1 Å². The monoisotopic (exact) mass is 417 g/mol. The van der Waals surface area contributed by atoms with Crippen molar-refractivity contribution in [1.82, 2.24) is 15.2 Å². The smallest absolute Gasteiger partial charge is 0.206 e. The summed E-state index contributed by atoms with van der Waals surface area (Å²) in [5.74, 6) is 0.524. The van der Waals surface area contributed by atoms with E-state index < -0.39 is 0 Å². The van der Waals surface area contributed by atoms with Gasteiger partial charge < -0.3 is 10.4 Å². The Labute approximate surface area is 170 Å². The SMILES string of the molecule is CC(C)CNc1nnc(SC(C)/C(O)=C(\C#N)c2nc3ccccc3s2)s1. The molecule has 3 rings (SSSR count). The van der Waals surface area contributed by atoms with E-state index in [1.54, 1.807) is 0 Å². The molecule has 0 aliphatic carbocycles. The lowest BCUT2D eigenvalue weighted by atomic mass is 10.2. The van der Waals surface area contributed by atoms with Gasteiger partial charge in [-0.15, -0.1) is 21.5 Å². The Morgan fingerprint density at radius 2 is 2.04 bits per heavy atom. The van der Waals surface area contributed by atoms with E-state index >= 15 is 0 Å². The number of allylic oxidation sites excluding steroid dienone is 1. The molecule has 0 aliphatic rings. The second-order valence-corrected chi connectivity index (χ2v) is 9.86. The number of nitriles is 1. The zero-order valence-corrected chi connectivity index (χ0v) is 17.6. The number of benzene rings is 1. The highest BCUT2D eigenvalue weighted by molar-refractivity contribution is 8.01. The number of anilines is 1. The molecule has 6 nitrogen and oxygen atoms in total. The summed E-state index contributed by atoms with van der Waals surface area (Å²) in [4.78, 5) is 4.47. The molecule has 0 aliphatic heterocycles. The van der Waals surface area contributed by atoms with E-state index in [4.69, 9.17) is 0 Å². The van der Waals surface area contributed by atoms with Crippen molar-refractivity contribution in [3.05, 3.63) is 35.0 Å². The third kappa shape index (κ3) is 4.77. The Kier molecular flexibility index (Phi) is 6.31. The van der Waals surface area contributed by atoms with Crippen LogP contribution in [0.4, 0.5) is 5.13 Å². The van der Waals surface area contributed by atoms with Crippen molar-refractivity contribution in [2.45, 2.75) is 30.4 Å². The number of nitrogens with zero attached hydrogens (tertiary/aromatic N) is 4. The van der Waals surface area contributed by atoms with Crippen LogP contribution in [0.25, 0.3) is 15.8 Å². The summed E-state index contributed by atoms with van der Waals surface area (Å²) in [5.41, 5.74) is 1.03. The maximum atomic E-state index is 10.6. The first-order chi connectivity index (χ1) is 13.0. The molecule has 0 fully saturated rings. The summed E-state index contributed by atoms with van der Waals surface area (Å²) < 4.78 is 1.72. The molecule has 0 amide bonds. The van der Waals surface area contributed by atoms with Crippen LogP contribution in [0, 0.1) is 17.2 Å². The van der Waals surface area contributed by atoms with Crippen molar-refractivity contribution in [1.29, 1.82) is 5.26 Å². The van der Waals surface area contributed by atoms with E-state index in [0.29, 0.717) is 10.9 Å². The first kappa shape index (κ1) is 19.6. The molecule has 140 valence electrons. The maximum Gasteiger partial charge on any atom is 0.206 e. The predicted molar refractivity (Wildman–Crippen MR) is 113 cm³/mol. The van der Waals surface area contributed by atoms with Gasteiger partial charge in [0.15, 0.2) is 4.34 Å². The number of aliphatic hydroxyl groups is 1. The number of aliphatic hydroxyl groups excluding tert-OH is 1. The maximum absolute atomic E-state index is 10.6. The van der Waals surface area contributed by atoms with Gasteiger partial charge in [0.2, 0.25) is 5.13 Å². The average molecular weight is 418 g/mol. The quantitative estimate of drug-likeness (QED) is 0.310. The minimum atomic E-state index is -0.336. The summed E-state index contributed by atoms with van der Waals surface area (Å²) in [5, 5.41) is 32.7. The number of hydrogen-bond donors (Lipinski definition) is 2. The minimum absolute atomic E-state index is 0.00782. The summed E-state index contributed by atoms with van der Waals surface area (Å²) in [6.45, 7) is 6.92. The number of para-hydroxylation sites is 1. The standard InChI is InChI=1S/C18H19N5OS3/c1-10(2)9-20-17-22-23-18(27-17)25-11(3)15(24)12(8-19)16-21-13-6-4-5-7-14(13)26-16/h4-7,10-11,24H,9H2,1-3H3,(H,20,22)/b15-12-. The van der Waals surface area contributed by atoms with E-state index in [9.17, 15) is 10.4 Å². The van der Waals surface area contributed by atoms with E-state index in [0.717, 1.165) is 26.2 Å². The highest BCUT2D eigenvalue weighted by Gasteiger charge is 2.20. The summed E-state index contributed by atoms with van der Waals surface area (Å²) >= 11 is 4.21. The van der Waals surface area contributed by atoms with Crippen molar-refractivity contribution in [3.8, 4) is 6.07 Å². The number of aromatic nitrogens is 3. The highest BCUT2D eigenvalue weighted by atomic mass is 32.2. The summed E-state index contributed by atoms with van der Waals surface area (Å²) in [6.07, 6.45) is 0. The van der Waals surface area contributed by atoms with E-state index in [-0.39, 0.29) is 16.6 Å². The predicted octanol–water partition coefficient (Wildman–Crippen LogP) is 5.19. The second-order valence-electron chi connectivity index (χ2n) is 6.27. The fourth-order valence-electron chi connectivity index (χ4n) is 2.22. The van der Waals surface area contributed by atoms with Crippen LogP contribution in [-0.4, -0.2) is 32.1 Å². The summed E-state index contributed by atoms with van der Waals surface area (Å²) in [7, 11) is 0. The third-order valence-electron chi connectivity index (χ3n) is 3.61. The molecular formula is C18H19N5OS3. The van der Waals surface area contributed by atoms with Crippen LogP contribution in [0.15, 0.2) is 34.4 Å². The minimum Gasteiger partial charge on any atom is -0.510 e. The lowest BCUT2D eigenvalue weighted by Gasteiger charge is -2.09. The average Bonchev–Trinajstić information content (AvgIpc) is 3.26. The molecule has 2 N–H and O–H groups in total. The van der Waals surface area contributed by atoms with E-state index in [1.165, 1.54) is 34.4 Å². The third-order valence-corrected chi connectivity index (χ3v) is 6.73. The number of fused-ring (bicyclic) bond motifs is 1. The number of rotatable bonds is 7. The molecule has 0 radical (unpaired) electrons. The van der Waals surface area contributed by atoms with Crippen molar-refractivity contribution in [2.24, 2.45) is 5.92 Å². The molecule has 0 spiro atoms. The Morgan fingerprint density at radius 1 is 1.26 bits per heavy atom. The first-order valence-corrected chi connectivity index (χ1v) is 10.9. The Balaban J connectivity index is 1.77. The summed E-state index contributed by atoms with van der Waals surface area (Å²) in [6, 6.07) is 9.78. The van der Waals surface area contributed by atoms with Gasteiger partial charge in [-0.05, 0) is 25.0 Å². The molecule has 2 heterocycles. The highest BCUT2D eigenvalue weighted by Crippen LogP contribution is 2.35. The Hall–Kier alpha value is -2.15. The lowest BCUT2D eigenvalue weighted by Crippen LogP contribution is -2.07. The van der Waals surface area contributed by atoms with Gasteiger partial charge in [0, 0.05) is 6.54 Å². The molecular weight excluding hydrogens is 398 g/mol. The van der Waals surface area contributed by atoms with Crippen molar-refractivity contribution in [2.75, 3.05) is 11.9 Å². The van der Waals surface area contributed by atoms with Crippen LogP contribution in [0.1, 0.15) is 25.8 Å². The molecule has 2 aromatic heterocycles. The van der Waals surface area contributed by atoms with Crippen LogP contribution in [0.5, 0.6) is 0 Å². The fourth-order valence-corrected chi connectivity index (χ4v) is 5.16.